The third-order valence-corrected chi connectivity index (χ3v) is 3.68. The van der Waals surface area contributed by atoms with Crippen molar-refractivity contribution in [2.24, 2.45) is 0 Å². The molecule has 1 aromatic carbocycles. The van der Waals surface area contributed by atoms with E-state index in [0.717, 1.165) is 4.90 Å². The Morgan fingerprint density at radius 1 is 1.56 bits per heavy atom. The summed E-state index contributed by atoms with van der Waals surface area (Å²) in [6.45, 7) is 0. The molecule has 0 heterocycles. The molecule has 3 nitrogen and oxygen atoms in total. The number of hydrogen-bond donors (Lipinski definition) is 1. The molecule has 1 rings (SSSR count). The monoisotopic (exact) mass is 259 g/mol. The van der Waals surface area contributed by atoms with E-state index in [1.54, 1.807) is 7.05 Å². The molecule has 0 aromatic heterocycles. The van der Waals surface area contributed by atoms with E-state index in [9.17, 15) is 4.79 Å². The number of likely N-dealkylation sites (N-methyl/N-ethyl adjacent to an activating group) is 1. The quantitative estimate of drug-likeness (QED) is 0.650. The van der Waals surface area contributed by atoms with Crippen molar-refractivity contribution in [1.82, 2.24) is 5.32 Å². The minimum absolute atomic E-state index is 0.262. The first kappa shape index (κ1) is 13.4. The van der Waals surface area contributed by atoms with Crippen LogP contribution in [-0.2, 0) is 9.53 Å². The van der Waals surface area contributed by atoms with Crippen molar-refractivity contribution in [3.05, 3.63) is 29.3 Å². The van der Waals surface area contributed by atoms with Crippen molar-refractivity contribution in [3.8, 4) is 0 Å². The summed E-state index contributed by atoms with van der Waals surface area (Å²) in [7, 11) is 3.11. The van der Waals surface area contributed by atoms with E-state index in [-0.39, 0.29) is 12.0 Å². The lowest BCUT2D eigenvalue weighted by Gasteiger charge is -2.13. The zero-order chi connectivity index (χ0) is 12.0. The van der Waals surface area contributed by atoms with E-state index in [1.807, 2.05) is 24.3 Å². The summed E-state index contributed by atoms with van der Waals surface area (Å²) in [4.78, 5) is 12.3. The summed E-state index contributed by atoms with van der Waals surface area (Å²) in [5.41, 5.74) is 0. The molecule has 0 bridgehead atoms. The molecule has 16 heavy (non-hydrogen) atoms. The van der Waals surface area contributed by atoms with Gasteiger partial charge in [0.05, 0.1) is 12.1 Å². The third kappa shape index (κ3) is 3.70. The number of carbonyl (C=O) groups excluding carboxylic acids is 1. The van der Waals surface area contributed by atoms with Crippen LogP contribution in [0, 0.1) is 0 Å². The maximum atomic E-state index is 11.3. The van der Waals surface area contributed by atoms with Crippen molar-refractivity contribution < 1.29 is 9.53 Å². The fraction of sp³-hybridized carbons (Fsp3) is 0.364. The van der Waals surface area contributed by atoms with Gasteiger partial charge in [-0.1, -0.05) is 23.7 Å². The highest BCUT2D eigenvalue weighted by Crippen LogP contribution is 2.26. The number of carbonyl (C=O) groups is 1. The Kier molecular flexibility index (Phi) is 5.66. The molecular weight excluding hydrogens is 246 g/mol. The highest BCUT2D eigenvalue weighted by atomic mass is 35.5. The number of ether oxygens (including phenoxy) is 1. The van der Waals surface area contributed by atoms with E-state index in [2.05, 4.69) is 10.1 Å². The zero-order valence-corrected chi connectivity index (χ0v) is 10.8. The zero-order valence-electron chi connectivity index (χ0n) is 9.20. The molecule has 0 fully saturated rings. The van der Waals surface area contributed by atoms with Gasteiger partial charge in [-0.3, -0.25) is 4.79 Å². The van der Waals surface area contributed by atoms with Crippen molar-refractivity contribution >= 4 is 29.3 Å². The summed E-state index contributed by atoms with van der Waals surface area (Å²) in [5, 5.41) is 3.61. The topological polar surface area (TPSA) is 38.3 Å². The van der Waals surface area contributed by atoms with Crippen LogP contribution in [0.2, 0.25) is 5.02 Å². The Morgan fingerprint density at radius 3 is 2.81 bits per heavy atom. The van der Waals surface area contributed by atoms with E-state index in [0.29, 0.717) is 10.8 Å². The molecule has 0 radical (unpaired) electrons. The Bertz CT molecular complexity index is 360. The molecule has 1 unspecified atom stereocenters. The average molecular weight is 260 g/mol. The van der Waals surface area contributed by atoms with Crippen LogP contribution in [0.5, 0.6) is 0 Å². The summed E-state index contributed by atoms with van der Waals surface area (Å²) in [6, 6.07) is 7.24. The van der Waals surface area contributed by atoms with Gasteiger partial charge in [-0.2, -0.15) is 0 Å². The van der Waals surface area contributed by atoms with Gasteiger partial charge in [0, 0.05) is 10.6 Å². The van der Waals surface area contributed by atoms with Gasteiger partial charge >= 0.3 is 5.97 Å². The molecule has 0 spiro atoms. The van der Waals surface area contributed by atoms with Gasteiger partial charge in [0.1, 0.15) is 6.04 Å². The first-order valence-corrected chi connectivity index (χ1v) is 6.17. The first-order valence-electron chi connectivity index (χ1n) is 4.81. The van der Waals surface area contributed by atoms with Crippen molar-refractivity contribution in [1.29, 1.82) is 0 Å². The Morgan fingerprint density at radius 2 is 2.25 bits per heavy atom. The smallest absolute Gasteiger partial charge is 0.323 e. The van der Waals surface area contributed by atoms with Crippen molar-refractivity contribution in [2.75, 3.05) is 19.9 Å². The largest absolute Gasteiger partial charge is 0.468 e. The summed E-state index contributed by atoms with van der Waals surface area (Å²) in [6.07, 6.45) is 0. The molecule has 1 N–H and O–H groups in total. The number of hydrogen-bond acceptors (Lipinski definition) is 4. The molecule has 0 amide bonds. The van der Waals surface area contributed by atoms with E-state index in [1.165, 1.54) is 18.9 Å². The number of thioether (sulfide) groups is 1. The summed E-state index contributed by atoms with van der Waals surface area (Å²) >= 11 is 7.54. The lowest BCUT2D eigenvalue weighted by atomic mass is 10.3. The maximum absolute atomic E-state index is 11.3. The molecule has 0 saturated carbocycles. The van der Waals surface area contributed by atoms with Crippen LogP contribution in [0.3, 0.4) is 0 Å². The van der Waals surface area contributed by atoms with Crippen LogP contribution in [0.15, 0.2) is 29.2 Å². The van der Waals surface area contributed by atoms with Crippen LogP contribution in [0.4, 0.5) is 0 Å². The Balaban J connectivity index is 2.56. The maximum Gasteiger partial charge on any atom is 0.323 e. The molecule has 0 aliphatic heterocycles. The van der Waals surface area contributed by atoms with Crippen molar-refractivity contribution in [3.63, 3.8) is 0 Å². The van der Waals surface area contributed by atoms with E-state index >= 15 is 0 Å². The minimum atomic E-state index is -0.314. The molecule has 0 aliphatic rings. The number of nitrogens with one attached hydrogen (secondary N) is 1. The predicted octanol–water partition coefficient (Wildman–Crippen LogP) is 2.19. The average Bonchev–Trinajstić information content (AvgIpc) is 2.31. The standard InChI is InChI=1S/C11H14ClNO2S/c1-13-9(11(14)15-2)7-16-10-6-4-3-5-8(10)12/h3-6,9,13H,7H2,1-2H3. The summed E-state index contributed by atoms with van der Waals surface area (Å²) < 4.78 is 4.67. The fourth-order valence-electron chi connectivity index (χ4n) is 1.15. The Labute approximate surface area is 105 Å². The molecule has 1 atom stereocenters. The predicted molar refractivity (Wildman–Crippen MR) is 67.0 cm³/mol. The fourth-order valence-corrected chi connectivity index (χ4v) is 2.48. The number of esters is 1. The lowest BCUT2D eigenvalue weighted by molar-refractivity contribution is -0.142. The number of halogens is 1. The molecule has 0 aliphatic carbocycles. The van der Waals surface area contributed by atoms with Crippen LogP contribution < -0.4 is 5.32 Å². The first-order chi connectivity index (χ1) is 7.69. The molecule has 1 aromatic rings. The summed E-state index contributed by atoms with van der Waals surface area (Å²) in [5.74, 6) is 0.328. The third-order valence-electron chi connectivity index (χ3n) is 2.08. The van der Waals surface area contributed by atoms with Crippen LogP contribution in [0.1, 0.15) is 0 Å². The van der Waals surface area contributed by atoms with Crippen molar-refractivity contribution in [2.45, 2.75) is 10.9 Å². The minimum Gasteiger partial charge on any atom is -0.468 e. The van der Waals surface area contributed by atoms with Gasteiger partial charge in [0.15, 0.2) is 0 Å². The van der Waals surface area contributed by atoms with Crippen LogP contribution in [-0.4, -0.2) is 31.9 Å². The molecule has 0 saturated heterocycles. The molecular formula is C11H14ClNO2S. The van der Waals surface area contributed by atoms with Gasteiger partial charge < -0.3 is 10.1 Å². The van der Waals surface area contributed by atoms with Crippen LogP contribution >= 0.6 is 23.4 Å². The second-order valence-corrected chi connectivity index (χ2v) is 4.57. The van der Waals surface area contributed by atoms with Gasteiger partial charge in [-0.25, -0.2) is 0 Å². The van der Waals surface area contributed by atoms with Gasteiger partial charge in [-0.05, 0) is 19.2 Å². The highest BCUT2D eigenvalue weighted by molar-refractivity contribution is 7.99. The second-order valence-electron chi connectivity index (χ2n) is 3.11. The highest BCUT2D eigenvalue weighted by Gasteiger charge is 2.17. The van der Waals surface area contributed by atoms with E-state index in [4.69, 9.17) is 11.6 Å². The molecule has 88 valence electrons. The SMILES string of the molecule is CNC(CSc1ccccc1Cl)C(=O)OC. The van der Waals surface area contributed by atoms with Gasteiger partial charge in [-0.15, -0.1) is 11.8 Å². The van der Waals surface area contributed by atoms with Crippen LogP contribution in [0.25, 0.3) is 0 Å². The number of methoxy groups -OCH3 is 1. The lowest BCUT2D eigenvalue weighted by Crippen LogP contribution is -2.37. The number of rotatable bonds is 5. The number of benzene rings is 1. The second kappa shape index (κ2) is 6.78. The Hall–Kier alpha value is -0.710. The van der Waals surface area contributed by atoms with Gasteiger partial charge in [0.25, 0.3) is 0 Å². The van der Waals surface area contributed by atoms with E-state index < -0.39 is 0 Å². The molecule has 5 heteroatoms. The van der Waals surface area contributed by atoms with Gasteiger partial charge in [0.2, 0.25) is 0 Å². The normalized spacial score (nSPS) is 12.2.